The van der Waals surface area contributed by atoms with Crippen LogP contribution in [0, 0.1) is 6.08 Å². The molecule has 1 atom stereocenters. The summed E-state index contributed by atoms with van der Waals surface area (Å²) in [5.41, 5.74) is 1.94. The minimum absolute atomic E-state index is 0. The summed E-state index contributed by atoms with van der Waals surface area (Å²) in [7, 11) is -2.07. The maximum Gasteiger partial charge on any atom is 3.00 e. The first kappa shape index (κ1) is 25.1. The first-order valence-corrected chi connectivity index (χ1v) is 12.7. The normalized spacial score (nSPS) is 15.2. The summed E-state index contributed by atoms with van der Waals surface area (Å²) in [6.07, 6.45) is 11.2. The molecule has 0 aromatic carbocycles. The molecule has 0 saturated heterocycles. The standard InChI is InChI=1S/C13H25OSi2.2ClH.Ti/c1-15(2)13(14-16(3,4)5)11-10-12-8-6-7-9-12;;;/h6,8,13,15H,7,10-11H2,1-5H3;2*1H;/q-1;;;+3/p-2. The third kappa shape index (κ3) is 11.5. The number of halogens is 2. The fraction of sp³-hybridized carbons (Fsp3) is 0.692. The van der Waals surface area contributed by atoms with Crippen LogP contribution < -0.4 is 24.8 Å². The molecule has 0 saturated carbocycles. The number of allylic oxidation sites excluding steroid dienone is 4. The predicted molar refractivity (Wildman–Crippen MR) is 76.8 cm³/mol. The van der Waals surface area contributed by atoms with E-state index >= 15 is 0 Å². The van der Waals surface area contributed by atoms with Gasteiger partial charge in [-0.25, -0.2) is 11.6 Å². The van der Waals surface area contributed by atoms with Crippen LogP contribution in [-0.2, 0) is 26.1 Å². The van der Waals surface area contributed by atoms with E-state index in [4.69, 9.17) is 4.43 Å². The van der Waals surface area contributed by atoms with E-state index in [1.807, 2.05) is 0 Å². The van der Waals surface area contributed by atoms with Gasteiger partial charge >= 0.3 is 21.7 Å². The van der Waals surface area contributed by atoms with Crippen LogP contribution in [0.4, 0.5) is 0 Å². The Morgan fingerprint density at radius 3 is 2.26 bits per heavy atom. The van der Waals surface area contributed by atoms with Crippen molar-refractivity contribution in [3.63, 3.8) is 0 Å². The first-order chi connectivity index (χ1) is 7.38. The summed E-state index contributed by atoms with van der Waals surface area (Å²) in [5, 5.41) is 0. The van der Waals surface area contributed by atoms with E-state index in [-0.39, 0.29) is 46.5 Å². The molecule has 0 N–H and O–H groups in total. The van der Waals surface area contributed by atoms with E-state index in [1.54, 1.807) is 0 Å². The zero-order chi connectivity index (χ0) is 12.2. The molecule has 1 unspecified atom stereocenters. The van der Waals surface area contributed by atoms with Gasteiger partial charge in [-0.3, -0.25) is 6.08 Å². The predicted octanol–water partition coefficient (Wildman–Crippen LogP) is -2.29. The van der Waals surface area contributed by atoms with Crippen LogP contribution in [0.25, 0.3) is 0 Å². The Morgan fingerprint density at radius 2 is 1.89 bits per heavy atom. The van der Waals surface area contributed by atoms with Gasteiger partial charge in [0, 0.05) is 5.73 Å². The van der Waals surface area contributed by atoms with E-state index in [2.05, 4.69) is 51.0 Å². The van der Waals surface area contributed by atoms with Gasteiger partial charge in [-0.1, -0.05) is 19.5 Å². The smallest absolute Gasteiger partial charge is 1.00 e. The fourth-order valence-corrected chi connectivity index (χ4v) is 6.07. The van der Waals surface area contributed by atoms with Gasteiger partial charge in [-0.15, -0.1) is 6.42 Å². The second kappa shape index (κ2) is 11.8. The van der Waals surface area contributed by atoms with E-state index in [9.17, 15) is 0 Å². The van der Waals surface area contributed by atoms with Crippen LogP contribution in [0.3, 0.4) is 0 Å². The molecule has 109 valence electrons. The van der Waals surface area contributed by atoms with Crippen molar-refractivity contribution in [3.05, 3.63) is 23.8 Å². The Kier molecular flexibility index (Phi) is 15.6. The van der Waals surface area contributed by atoms with Gasteiger partial charge in [0.25, 0.3) is 0 Å². The molecule has 0 aliphatic heterocycles. The van der Waals surface area contributed by atoms with E-state index < -0.39 is 17.1 Å². The van der Waals surface area contributed by atoms with Gasteiger partial charge in [0.2, 0.25) is 0 Å². The summed E-state index contributed by atoms with van der Waals surface area (Å²) in [5.74, 6) is 0. The molecule has 0 heterocycles. The molecule has 0 fully saturated rings. The topological polar surface area (TPSA) is 9.23 Å². The Labute approximate surface area is 149 Å². The van der Waals surface area contributed by atoms with Crippen LogP contribution in [-0.4, -0.2) is 22.8 Å². The van der Waals surface area contributed by atoms with Crippen molar-refractivity contribution in [3.8, 4) is 0 Å². The van der Waals surface area contributed by atoms with E-state index in [0.717, 1.165) is 12.8 Å². The molecule has 0 spiro atoms. The summed E-state index contributed by atoms with van der Waals surface area (Å²) in [4.78, 5) is 0. The fourth-order valence-electron chi connectivity index (χ4n) is 1.90. The molecule has 1 rings (SSSR count). The summed E-state index contributed by atoms with van der Waals surface area (Å²) in [6, 6.07) is 0. The zero-order valence-corrected chi connectivity index (χ0v) is 17.8. The third-order valence-electron chi connectivity index (χ3n) is 2.71. The Bertz CT molecular complexity index is 289. The molecule has 1 radical (unpaired) electrons. The minimum atomic E-state index is -1.37. The maximum atomic E-state index is 6.29. The monoisotopic (exact) mass is 371 g/mol. The molecule has 0 aromatic heterocycles. The quantitative estimate of drug-likeness (QED) is 0.377. The molecule has 1 nitrogen and oxygen atoms in total. The molecule has 1 aliphatic carbocycles. The summed E-state index contributed by atoms with van der Waals surface area (Å²) >= 11 is 0. The zero-order valence-electron chi connectivity index (χ0n) is 12.6. The van der Waals surface area contributed by atoms with E-state index in [0.29, 0.717) is 5.73 Å². The minimum Gasteiger partial charge on any atom is -1.00 e. The molecular formula is C13H25Cl2OSi2Ti. The maximum absolute atomic E-state index is 6.29. The molecule has 1 aliphatic rings. The molecule has 0 bridgehead atoms. The number of hydrogen-bond acceptors (Lipinski definition) is 1. The Balaban J connectivity index is -0.000000853. The van der Waals surface area contributed by atoms with Crippen molar-refractivity contribution in [1.29, 1.82) is 0 Å². The SMILES string of the molecule is C[SiH](C)C(CCC1=[C-]CC=C1)O[Si](C)(C)C.[Cl-].[Cl-].[Ti+3]. The third-order valence-corrected chi connectivity index (χ3v) is 5.95. The average Bonchev–Trinajstić information content (AvgIpc) is 2.62. The van der Waals surface area contributed by atoms with Crippen molar-refractivity contribution >= 4 is 17.1 Å². The first-order valence-electron chi connectivity index (χ1n) is 6.32. The van der Waals surface area contributed by atoms with Crippen LogP contribution >= 0.6 is 0 Å². The molecule has 19 heavy (non-hydrogen) atoms. The number of rotatable bonds is 6. The van der Waals surface area contributed by atoms with Crippen molar-refractivity contribution in [2.75, 3.05) is 0 Å². The van der Waals surface area contributed by atoms with Gasteiger partial charge in [0.1, 0.15) is 0 Å². The largest absolute Gasteiger partial charge is 3.00 e. The van der Waals surface area contributed by atoms with Gasteiger partial charge in [0.05, 0.1) is 8.80 Å². The van der Waals surface area contributed by atoms with Crippen LogP contribution in [0.2, 0.25) is 32.7 Å². The second-order valence-electron chi connectivity index (χ2n) is 5.86. The van der Waals surface area contributed by atoms with Gasteiger partial charge in [0.15, 0.2) is 8.32 Å². The van der Waals surface area contributed by atoms with E-state index in [1.165, 1.54) is 12.0 Å². The number of hydrogen-bond donors (Lipinski definition) is 0. The van der Waals surface area contributed by atoms with Gasteiger partial charge < -0.3 is 29.2 Å². The second-order valence-corrected chi connectivity index (χ2v) is 13.6. The van der Waals surface area contributed by atoms with Crippen LogP contribution in [0.1, 0.15) is 19.3 Å². The Morgan fingerprint density at radius 1 is 1.32 bits per heavy atom. The summed E-state index contributed by atoms with van der Waals surface area (Å²) in [6.45, 7) is 11.7. The van der Waals surface area contributed by atoms with Crippen molar-refractivity contribution < 1.29 is 51.0 Å². The van der Waals surface area contributed by atoms with Crippen LogP contribution in [0.15, 0.2) is 17.7 Å². The van der Waals surface area contributed by atoms with Crippen molar-refractivity contribution in [1.82, 2.24) is 0 Å². The summed E-state index contributed by atoms with van der Waals surface area (Å²) < 4.78 is 6.29. The van der Waals surface area contributed by atoms with Crippen LogP contribution in [0.5, 0.6) is 0 Å². The molecule has 6 heteroatoms. The average molecular weight is 372 g/mol. The van der Waals surface area contributed by atoms with Crippen molar-refractivity contribution in [2.24, 2.45) is 0 Å². The molecule has 0 aromatic rings. The Hall–Kier alpha value is 1.17. The molecule has 0 amide bonds. The van der Waals surface area contributed by atoms with Gasteiger partial charge in [-0.05, 0) is 26.1 Å². The molecular weight excluding hydrogens is 347 g/mol. The van der Waals surface area contributed by atoms with Crippen molar-refractivity contribution in [2.45, 2.75) is 57.7 Å². The van der Waals surface area contributed by atoms with Gasteiger partial charge in [-0.2, -0.15) is 6.08 Å².